The number of benzene rings is 2. The van der Waals surface area contributed by atoms with Gasteiger partial charge in [0.2, 0.25) is 5.91 Å². The molecule has 2 aliphatic rings. The second kappa shape index (κ2) is 9.65. The fourth-order valence-electron chi connectivity index (χ4n) is 5.01. The van der Waals surface area contributed by atoms with E-state index >= 15 is 0 Å². The molecule has 2 aromatic rings. The average Bonchev–Trinajstić information content (AvgIpc) is 3.34. The standard InChI is InChI=1S/C26H30N2O5/c1-26(24(30)31)14-6-12-22(26)28-23(29)13-7-15-27-25(32)33-16-21-19-10-4-2-8-17(19)18-9-3-5-11-20(18)21/h2-5,8-11,21-22H,6-7,12-16H2,1H3,(H,27,32)(H,28,29)(H,30,31). The maximum absolute atomic E-state index is 12.2. The van der Waals surface area contributed by atoms with Gasteiger partial charge in [-0.3, -0.25) is 9.59 Å². The molecule has 2 unspecified atom stereocenters. The minimum Gasteiger partial charge on any atom is -0.481 e. The summed E-state index contributed by atoms with van der Waals surface area (Å²) in [5.41, 5.74) is 3.76. The third kappa shape index (κ3) is 4.72. The van der Waals surface area contributed by atoms with Crippen molar-refractivity contribution in [2.24, 2.45) is 5.41 Å². The quantitative estimate of drug-likeness (QED) is 0.526. The van der Waals surface area contributed by atoms with Crippen molar-refractivity contribution in [1.82, 2.24) is 10.6 Å². The molecule has 0 spiro atoms. The molecule has 2 aromatic carbocycles. The van der Waals surface area contributed by atoms with Crippen LogP contribution in [-0.4, -0.2) is 42.3 Å². The summed E-state index contributed by atoms with van der Waals surface area (Å²) in [6, 6.07) is 16.0. The lowest BCUT2D eigenvalue weighted by molar-refractivity contribution is -0.149. The highest BCUT2D eigenvalue weighted by Gasteiger charge is 2.45. The zero-order chi connectivity index (χ0) is 23.4. The molecule has 7 nitrogen and oxygen atoms in total. The fourth-order valence-corrected chi connectivity index (χ4v) is 5.01. The van der Waals surface area contributed by atoms with Crippen molar-refractivity contribution < 1.29 is 24.2 Å². The van der Waals surface area contributed by atoms with Crippen molar-refractivity contribution in [2.45, 2.75) is 51.0 Å². The molecule has 174 valence electrons. The van der Waals surface area contributed by atoms with Gasteiger partial charge in [-0.1, -0.05) is 55.0 Å². The lowest BCUT2D eigenvalue weighted by atomic mass is 9.85. The third-order valence-corrected chi connectivity index (χ3v) is 6.98. The SMILES string of the molecule is CC1(C(=O)O)CCCC1NC(=O)CCCNC(=O)OCC1c2ccccc2-c2ccccc21. The smallest absolute Gasteiger partial charge is 0.407 e. The Morgan fingerprint density at radius 3 is 2.33 bits per heavy atom. The maximum atomic E-state index is 12.2. The van der Waals surface area contributed by atoms with Gasteiger partial charge in [0.25, 0.3) is 0 Å². The van der Waals surface area contributed by atoms with E-state index in [1.165, 1.54) is 11.1 Å². The van der Waals surface area contributed by atoms with E-state index in [4.69, 9.17) is 4.74 Å². The number of carbonyl (C=O) groups is 3. The Labute approximate surface area is 193 Å². The Kier molecular flexibility index (Phi) is 6.67. The second-order valence-corrected chi connectivity index (χ2v) is 9.09. The van der Waals surface area contributed by atoms with Crippen LogP contribution in [0.3, 0.4) is 0 Å². The van der Waals surface area contributed by atoms with Crippen LogP contribution in [0, 0.1) is 5.41 Å². The van der Waals surface area contributed by atoms with Crippen molar-refractivity contribution in [1.29, 1.82) is 0 Å². The topological polar surface area (TPSA) is 105 Å². The van der Waals surface area contributed by atoms with Gasteiger partial charge < -0.3 is 20.5 Å². The number of rotatable bonds is 8. The zero-order valence-electron chi connectivity index (χ0n) is 18.8. The highest BCUT2D eigenvalue weighted by molar-refractivity contribution is 5.80. The molecule has 1 saturated carbocycles. The predicted molar refractivity (Wildman–Crippen MR) is 124 cm³/mol. The molecule has 2 amide bonds. The van der Waals surface area contributed by atoms with Gasteiger partial charge in [0, 0.05) is 24.9 Å². The van der Waals surface area contributed by atoms with E-state index in [0.717, 1.165) is 17.5 Å². The largest absolute Gasteiger partial charge is 0.481 e. The summed E-state index contributed by atoms with van der Waals surface area (Å²) in [6.07, 6.45) is 2.19. The number of hydrogen-bond donors (Lipinski definition) is 3. The summed E-state index contributed by atoms with van der Waals surface area (Å²) in [5.74, 6) is -1.06. The number of carboxylic acids is 1. The minimum atomic E-state index is -0.908. The van der Waals surface area contributed by atoms with Crippen molar-refractivity contribution in [3.63, 3.8) is 0 Å². The van der Waals surface area contributed by atoms with Crippen LogP contribution in [-0.2, 0) is 14.3 Å². The van der Waals surface area contributed by atoms with Crippen LogP contribution in [0.15, 0.2) is 48.5 Å². The molecule has 2 aliphatic carbocycles. The molecule has 7 heteroatoms. The molecule has 0 aliphatic heterocycles. The van der Waals surface area contributed by atoms with E-state index in [9.17, 15) is 19.5 Å². The average molecular weight is 451 g/mol. The van der Waals surface area contributed by atoms with Gasteiger partial charge in [0.1, 0.15) is 6.61 Å². The molecule has 3 N–H and O–H groups in total. The molecule has 2 atom stereocenters. The van der Waals surface area contributed by atoms with E-state index in [2.05, 4.69) is 34.9 Å². The Morgan fingerprint density at radius 1 is 1.06 bits per heavy atom. The second-order valence-electron chi connectivity index (χ2n) is 9.09. The first-order chi connectivity index (χ1) is 15.9. The summed E-state index contributed by atoms with van der Waals surface area (Å²) < 4.78 is 5.49. The van der Waals surface area contributed by atoms with E-state index in [1.54, 1.807) is 6.92 Å². The number of nitrogens with one attached hydrogen (secondary N) is 2. The molecule has 0 radical (unpaired) electrons. The highest BCUT2D eigenvalue weighted by Crippen LogP contribution is 2.44. The number of fused-ring (bicyclic) bond motifs is 3. The number of aliphatic carboxylic acids is 1. The number of carbonyl (C=O) groups excluding carboxylic acids is 2. The first-order valence-corrected chi connectivity index (χ1v) is 11.5. The lowest BCUT2D eigenvalue weighted by Crippen LogP contribution is -2.47. The van der Waals surface area contributed by atoms with E-state index in [-0.39, 0.29) is 30.9 Å². The highest BCUT2D eigenvalue weighted by atomic mass is 16.5. The van der Waals surface area contributed by atoms with Crippen molar-refractivity contribution in [2.75, 3.05) is 13.2 Å². The van der Waals surface area contributed by atoms with E-state index in [1.807, 2.05) is 24.3 Å². The van der Waals surface area contributed by atoms with Gasteiger partial charge in [-0.2, -0.15) is 0 Å². The third-order valence-electron chi connectivity index (χ3n) is 6.98. The van der Waals surface area contributed by atoms with Crippen LogP contribution in [0.25, 0.3) is 11.1 Å². The number of hydrogen-bond acceptors (Lipinski definition) is 4. The van der Waals surface area contributed by atoms with Crippen LogP contribution in [0.2, 0.25) is 0 Å². The summed E-state index contributed by atoms with van der Waals surface area (Å²) in [5, 5.41) is 15.0. The lowest BCUT2D eigenvalue weighted by Gasteiger charge is -2.27. The van der Waals surface area contributed by atoms with Gasteiger partial charge in [-0.05, 0) is 48.4 Å². The molecule has 33 heavy (non-hydrogen) atoms. The molecule has 4 rings (SSSR count). The predicted octanol–water partition coefficient (Wildman–Crippen LogP) is 4.06. The van der Waals surface area contributed by atoms with Gasteiger partial charge >= 0.3 is 12.1 Å². The first-order valence-electron chi connectivity index (χ1n) is 11.5. The number of ether oxygens (including phenoxy) is 1. The Bertz CT molecular complexity index is 1010. The molecule has 0 aromatic heterocycles. The Balaban J connectivity index is 1.20. The van der Waals surface area contributed by atoms with Crippen LogP contribution in [0.1, 0.15) is 56.1 Å². The van der Waals surface area contributed by atoms with Gasteiger partial charge in [0.15, 0.2) is 0 Å². The number of carboxylic acid groups (broad SMARTS) is 1. The van der Waals surface area contributed by atoms with Crippen LogP contribution >= 0.6 is 0 Å². The minimum absolute atomic E-state index is 0.00360. The Morgan fingerprint density at radius 2 is 1.70 bits per heavy atom. The molecule has 0 bridgehead atoms. The van der Waals surface area contributed by atoms with Gasteiger partial charge in [-0.15, -0.1) is 0 Å². The van der Waals surface area contributed by atoms with E-state index < -0.39 is 17.5 Å². The van der Waals surface area contributed by atoms with Crippen LogP contribution in [0.4, 0.5) is 4.79 Å². The molecule has 0 heterocycles. The van der Waals surface area contributed by atoms with Crippen molar-refractivity contribution >= 4 is 18.0 Å². The molecular formula is C26H30N2O5. The molecular weight excluding hydrogens is 420 g/mol. The summed E-state index contributed by atoms with van der Waals surface area (Å²) in [4.78, 5) is 36.0. The fraction of sp³-hybridized carbons (Fsp3) is 0.423. The number of alkyl carbamates (subject to hydrolysis) is 1. The zero-order valence-corrected chi connectivity index (χ0v) is 18.8. The summed E-state index contributed by atoms with van der Waals surface area (Å²) >= 11 is 0. The van der Waals surface area contributed by atoms with Crippen LogP contribution in [0.5, 0.6) is 0 Å². The maximum Gasteiger partial charge on any atom is 0.407 e. The number of amides is 2. The summed E-state index contributed by atoms with van der Waals surface area (Å²) in [7, 11) is 0. The first kappa shape index (κ1) is 22.8. The Hall–Kier alpha value is -3.35. The van der Waals surface area contributed by atoms with E-state index in [0.29, 0.717) is 25.8 Å². The molecule has 0 saturated heterocycles. The van der Waals surface area contributed by atoms with Gasteiger partial charge in [-0.25, -0.2) is 4.79 Å². The summed E-state index contributed by atoms with van der Waals surface area (Å²) in [6.45, 7) is 2.24. The molecule has 1 fully saturated rings. The van der Waals surface area contributed by atoms with Crippen molar-refractivity contribution in [3.8, 4) is 11.1 Å². The van der Waals surface area contributed by atoms with Gasteiger partial charge in [0.05, 0.1) is 5.41 Å². The van der Waals surface area contributed by atoms with Crippen molar-refractivity contribution in [3.05, 3.63) is 59.7 Å². The monoisotopic (exact) mass is 450 g/mol. The normalized spacial score (nSPS) is 21.2. The van der Waals surface area contributed by atoms with Crippen LogP contribution < -0.4 is 10.6 Å².